The molecule has 0 aromatic heterocycles. The standard InChI is InChI=1S/C21H23ClN2O6S/c1-3-30-21(26)15-5-4-14(2)19(12-15)23-20(25)17-13-16(6-7-18(17)22)31(27,28)24-8-10-29-11-9-24/h4-7,12-13H,3,8-11H2,1-2H3,(H,23,25). The lowest BCUT2D eigenvalue weighted by atomic mass is 10.1. The molecule has 8 nitrogen and oxygen atoms in total. The third-order valence-electron chi connectivity index (χ3n) is 4.79. The van der Waals surface area contributed by atoms with Crippen LogP contribution in [-0.2, 0) is 19.5 Å². The van der Waals surface area contributed by atoms with Crippen molar-refractivity contribution < 1.29 is 27.5 Å². The number of morpholine rings is 1. The van der Waals surface area contributed by atoms with E-state index in [4.69, 9.17) is 21.1 Å². The number of esters is 1. The highest BCUT2D eigenvalue weighted by Crippen LogP contribution is 2.25. The highest BCUT2D eigenvalue weighted by molar-refractivity contribution is 7.89. The Hall–Kier alpha value is -2.46. The molecule has 2 aromatic carbocycles. The van der Waals surface area contributed by atoms with Gasteiger partial charge in [0.05, 0.1) is 40.9 Å². The molecule has 10 heteroatoms. The van der Waals surface area contributed by atoms with Gasteiger partial charge in [-0.2, -0.15) is 4.31 Å². The number of halogens is 1. The van der Waals surface area contributed by atoms with Crippen LogP contribution in [0.15, 0.2) is 41.3 Å². The molecule has 1 aliphatic heterocycles. The van der Waals surface area contributed by atoms with E-state index < -0.39 is 21.9 Å². The molecule has 2 aromatic rings. The summed E-state index contributed by atoms with van der Waals surface area (Å²) in [4.78, 5) is 24.9. The van der Waals surface area contributed by atoms with Crippen molar-refractivity contribution >= 4 is 39.2 Å². The van der Waals surface area contributed by atoms with Crippen LogP contribution in [-0.4, -0.2) is 57.5 Å². The zero-order chi connectivity index (χ0) is 22.6. The molecule has 0 saturated carbocycles. The Balaban J connectivity index is 1.88. The number of ether oxygens (including phenoxy) is 2. The summed E-state index contributed by atoms with van der Waals surface area (Å²) in [5.74, 6) is -1.09. The summed E-state index contributed by atoms with van der Waals surface area (Å²) in [5.41, 5.74) is 1.41. The Kier molecular flexibility index (Phi) is 7.32. The van der Waals surface area contributed by atoms with Crippen molar-refractivity contribution in [1.29, 1.82) is 0 Å². The number of rotatable bonds is 6. The second-order valence-corrected chi connectivity index (χ2v) is 9.21. The van der Waals surface area contributed by atoms with Crippen molar-refractivity contribution in [2.75, 3.05) is 38.2 Å². The number of aryl methyl sites for hydroxylation is 1. The van der Waals surface area contributed by atoms with E-state index in [2.05, 4.69) is 5.32 Å². The van der Waals surface area contributed by atoms with Crippen LogP contribution in [0.5, 0.6) is 0 Å². The quantitative estimate of drug-likeness (QED) is 0.656. The Morgan fingerprint density at radius 3 is 2.55 bits per heavy atom. The van der Waals surface area contributed by atoms with Crippen molar-refractivity contribution in [3.63, 3.8) is 0 Å². The summed E-state index contributed by atoms with van der Waals surface area (Å²) >= 11 is 6.19. The summed E-state index contributed by atoms with van der Waals surface area (Å²) in [5, 5.41) is 2.81. The molecule has 1 N–H and O–H groups in total. The predicted molar refractivity (Wildman–Crippen MR) is 116 cm³/mol. The van der Waals surface area contributed by atoms with Gasteiger partial charge < -0.3 is 14.8 Å². The average molecular weight is 467 g/mol. The van der Waals surface area contributed by atoms with Crippen LogP contribution in [0.4, 0.5) is 5.69 Å². The van der Waals surface area contributed by atoms with Crippen LogP contribution < -0.4 is 5.32 Å². The molecule has 0 radical (unpaired) electrons. The third kappa shape index (κ3) is 5.24. The van der Waals surface area contributed by atoms with Crippen LogP contribution >= 0.6 is 11.6 Å². The first-order valence-electron chi connectivity index (χ1n) is 9.70. The number of amides is 1. The van der Waals surface area contributed by atoms with Crippen LogP contribution in [0.3, 0.4) is 0 Å². The first-order chi connectivity index (χ1) is 14.7. The van der Waals surface area contributed by atoms with Gasteiger partial charge >= 0.3 is 5.97 Å². The van der Waals surface area contributed by atoms with Gasteiger partial charge in [-0.25, -0.2) is 13.2 Å². The predicted octanol–water partition coefficient (Wildman–Crippen LogP) is 3.10. The molecular formula is C21H23ClN2O6S. The lowest BCUT2D eigenvalue weighted by molar-refractivity contribution is 0.0526. The molecule has 1 amide bonds. The summed E-state index contributed by atoms with van der Waals surface area (Å²) in [6, 6.07) is 8.80. The lowest BCUT2D eigenvalue weighted by Gasteiger charge is -2.26. The third-order valence-corrected chi connectivity index (χ3v) is 7.01. The van der Waals surface area contributed by atoms with Gasteiger partial charge in [0, 0.05) is 18.8 Å². The Morgan fingerprint density at radius 1 is 1.16 bits per heavy atom. The zero-order valence-corrected chi connectivity index (χ0v) is 18.8. The highest BCUT2D eigenvalue weighted by Gasteiger charge is 2.27. The minimum Gasteiger partial charge on any atom is -0.462 e. The van der Waals surface area contributed by atoms with Gasteiger partial charge in [0.1, 0.15) is 0 Å². The first kappa shape index (κ1) is 23.2. The largest absolute Gasteiger partial charge is 0.462 e. The Morgan fingerprint density at radius 2 is 1.87 bits per heavy atom. The fraction of sp³-hybridized carbons (Fsp3) is 0.333. The van der Waals surface area contributed by atoms with Gasteiger partial charge in [0.2, 0.25) is 10.0 Å². The summed E-state index contributed by atoms with van der Waals surface area (Å²) < 4.78 is 37.3. The maximum Gasteiger partial charge on any atom is 0.338 e. The topological polar surface area (TPSA) is 102 Å². The fourth-order valence-corrected chi connectivity index (χ4v) is 4.70. The SMILES string of the molecule is CCOC(=O)c1ccc(C)c(NC(=O)c2cc(S(=O)(=O)N3CCOCC3)ccc2Cl)c1. The summed E-state index contributed by atoms with van der Waals surface area (Å²) in [6.07, 6.45) is 0. The van der Waals surface area contributed by atoms with E-state index in [-0.39, 0.29) is 40.7 Å². The molecule has 0 unspecified atom stereocenters. The summed E-state index contributed by atoms with van der Waals surface area (Å²) in [6.45, 7) is 4.82. The number of carbonyl (C=O) groups is 2. The molecular weight excluding hydrogens is 444 g/mol. The molecule has 166 valence electrons. The van der Waals surface area contributed by atoms with E-state index >= 15 is 0 Å². The average Bonchev–Trinajstić information content (AvgIpc) is 2.76. The molecule has 0 spiro atoms. The fourth-order valence-electron chi connectivity index (χ4n) is 3.06. The molecule has 1 aliphatic rings. The molecule has 1 saturated heterocycles. The van der Waals surface area contributed by atoms with E-state index in [0.717, 1.165) is 5.56 Å². The van der Waals surface area contributed by atoms with E-state index in [1.54, 1.807) is 26.0 Å². The number of nitrogens with one attached hydrogen (secondary N) is 1. The van der Waals surface area contributed by atoms with Crippen molar-refractivity contribution in [3.8, 4) is 0 Å². The number of anilines is 1. The first-order valence-corrected chi connectivity index (χ1v) is 11.5. The number of sulfonamides is 1. The number of benzene rings is 2. The van der Waals surface area contributed by atoms with Crippen LogP contribution in [0, 0.1) is 6.92 Å². The number of nitrogens with zero attached hydrogens (tertiary/aromatic N) is 1. The Bertz CT molecular complexity index is 1100. The molecule has 0 atom stereocenters. The van der Waals surface area contributed by atoms with Gasteiger partial charge in [0.15, 0.2) is 0 Å². The monoisotopic (exact) mass is 466 g/mol. The maximum atomic E-state index is 12.9. The number of hydrogen-bond acceptors (Lipinski definition) is 6. The number of carbonyl (C=O) groups excluding carboxylic acids is 2. The van der Waals surface area contributed by atoms with Crippen LogP contribution in [0.1, 0.15) is 33.2 Å². The molecule has 0 aliphatic carbocycles. The van der Waals surface area contributed by atoms with E-state index in [1.165, 1.54) is 28.6 Å². The Labute approximate surface area is 186 Å². The number of hydrogen-bond donors (Lipinski definition) is 1. The zero-order valence-electron chi connectivity index (χ0n) is 17.2. The van der Waals surface area contributed by atoms with Crippen molar-refractivity contribution in [3.05, 3.63) is 58.1 Å². The minimum absolute atomic E-state index is 0.0111. The molecule has 31 heavy (non-hydrogen) atoms. The van der Waals surface area contributed by atoms with Crippen molar-refractivity contribution in [2.45, 2.75) is 18.7 Å². The molecule has 3 rings (SSSR count). The molecule has 0 bridgehead atoms. The van der Waals surface area contributed by atoms with Gasteiger partial charge in [-0.1, -0.05) is 17.7 Å². The molecule has 1 fully saturated rings. The van der Waals surface area contributed by atoms with E-state index in [0.29, 0.717) is 18.9 Å². The van der Waals surface area contributed by atoms with Gasteiger partial charge in [-0.05, 0) is 49.7 Å². The van der Waals surface area contributed by atoms with Crippen LogP contribution in [0.25, 0.3) is 0 Å². The van der Waals surface area contributed by atoms with E-state index in [1.807, 2.05) is 0 Å². The lowest BCUT2D eigenvalue weighted by Crippen LogP contribution is -2.40. The van der Waals surface area contributed by atoms with Crippen molar-refractivity contribution in [1.82, 2.24) is 4.31 Å². The smallest absolute Gasteiger partial charge is 0.338 e. The normalized spacial score (nSPS) is 14.8. The van der Waals surface area contributed by atoms with Gasteiger partial charge in [0.25, 0.3) is 5.91 Å². The van der Waals surface area contributed by atoms with Crippen LogP contribution in [0.2, 0.25) is 5.02 Å². The molecule has 1 heterocycles. The second-order valence-electron chi connectivity index (χ2n) is 6.86. The maximum absolute atomic E-state index is 12.9. The summed E-state index contributed by atoms with van der Waals surface area (Å²) in [7, 11) is -3.79. The van der Waals surface area contributed by atoms with E-state index in [9.17, 15) is 18.0 Å². The van der Waals surface area contributed by atoms with Crippen molar-refractivity contribution in [2.24, 2.45) is 0 Å². The second kappa shape index (κ2) is 9.78. The highest BCUT2D eigenvalue weighted by atomic mass is 35.5. The van der Waals surface area contributed by atoms with Gasteiger partial charge in [-0.15, -0.1) is 0 Å². The van der Waals surface area contributed by atoms with Gasteiger partial charge in [-0.3, -0.25) is 4.79 Å². The minimum atomic E-state index is -3.79.